The van der Waals surface area contributed by atoms with Crippen molar-refractivity contribution in [3.05, 3.63) is 35.8 Å². The Kier molecular flexibility index (Phi) is 5.51. The molecule has 28 heavy (non-hydrogen) atoms. The predicted molar refractivity (Wildman–Crippen MR) is 101 cm³/mol. The molecule has 4 rings (SSSR count). The molecule has 0 spiro atoms. The number of nitrogens with zero attached hydrogens (tertiary/aromatic N) is 5. The summed E-state index contributed by atoms with van der Waals surface area (Å²) in [5.74, 6) is 0.260. The number of hydrogen-bond acceptors (Lipinski definition) is 8. The molecule has 2 aromatic rings. The fourth-order valence-corrected chi connectivity index (χ4v) is 3.38. The Labute approximate surface area is 162 Å². The first-order chi connectivity index (χ1) is 13.6. The molecule has 10 heteroatoms. The zero-order chi connectivity index (χ0) is 19.5. The smallest absolute Gasteiger partial charge is 0.270 e. The molecule has 4 heterocycles. The van der Waals surface area contributed by atoms with Crippen LogP contribution in [0.2, 0.25) is 0 Å². The first-order valence-corrected chi connectivity index (χ1v) is 9.42. The van der Waals surface area contributed by atoms with Gasteiger partial charge in [-0.05, 0) is 0 Å². The molecular weight excluding hydrogens is 362 g/mol. The van der Waals surface area contributed by atoms with Gasteiger partial charge in [-0.3, -0.25) is 9.69 Å². The zero-order valence-electron chi connectivity index (χ0n) is 15.8. The van der Waals surface area contributed by atoms with Crippen LogP contribution in [-0.4, -0.2) is 80.4 Å². The number of aromatic nitrogens is 4. The third-order valence-corrected chi connectivity index (χ3v) is 5.04. The van der Waals surface area contributed by atoms with Crippen LogP contribution in [0.5, 0.6) is 0 Å². The van der Waals surface area contributed by atoms with Gasteiger partial charge in [0.25, 0.3) is 5.91 Å². The molecule has 0 unspecified atom stereocenters. The van der Waals surface area contributed by atoms with Gasteiger partial charge in [-0.2, -0.15) is 0 Å². The van der Waals surface area contributed by atoms with Crippen molar-refractivity contribution in [1.29, 1.82) is 0 Å². The summed E-state index contributed by atoms with van der Waals surface area (Å²) >= 11 is 0. The Balaban J connectivity index is 1.25. The van der Waals surface area contributed by atoms with E-state index in [2.05, 4.69) is 30.5 Å². The summed E-state index contributed by atoms with van der Waals surface area (Å²) in [6, 6.07) is 1.83. The topological polar surface area (TPSA) is 117 Å². The molecule has 150 valence electrons. The Morgan fingerprint density at radius 1 is 1.39 bits per heavy atom. The second-order valence-electron chi connectivity index (χ2n) is 7.27. The van der Waals surface area contributed by atoms with E-state index in [0.717, 1.165) is 25.2 Å². The number of anilines is 1. The van der Waals surface area contributed by atoms with Crippen LogP contribution in [0.3, 0.4) is 0 Å². The standard InChI is InChI=1S/C18H25N7O3/c1-24-11-22-14-2-3-25(7-16(14)24)6-13(26)5-19-18(27)15-4-17(21-10-20-15)23-12-8-28-9-12/h4,10-13,26H,2-3,5-9H2,1H3,(H,19,27)(H,20,21,23)/t13-/m0/s1. The van der Waals surface area contributed by atoms with Crippen LogP contribution in [0.25, 0.3) is 0 Å². The lowest BCUT2D eigenvalue weighted by molar-refractivity contribution is 0.0209. The number of amides is 1. The van der Waals surface area contributed by atoms with Gasteiger partial charge in [0.1, 0.15) is 17.8 Å². The summed E-state index contributed by atoms with van der Waals surface area (Å²) in [6.07, 6.45) is 3.39. The van der Waals surface area contributed by atoms with Crippen LogP contribution in [-0.2, 0) is 24.8 Å². The number of carbonyl (C=O) groups excluding carboxylic acids is 1. The lowest BCUT2D eigenvalue weighted by Gasteiger charge is -2.29. The number of hydrogen-bond donors (Lipinski definition) is 3. The predicted octanol–water partition coefficient (Wildman–Crippen LogP) is -0.830. The van der Waals surface area contributed by atoms with Crippen molar-refractivity contribution in [3.63, 3.8) is 0 Å². The summed E-state index contributed by atoms with van der Waals surface area (Å²) < 4.78 is 7.13. The maximum absolute atomic E-state index is 12.3. The summed E-state index contributed by atoms with van der Waals surface area (Å²) in [5.41, 5.74) is 2.57. The van der Waals surface area contributed by atoms with Crippen LogP contribution in [0, 0.1) is 0 Å². The molecule has 1 amide bonds. The van der Waals surface area contributed by atoms with Gasteiger partial charge in [0, 0.05) is 45.7 Å². The highest BCUT2D eigenvalue weighted by molar-refractivity contribution is 5.92. The molecule has 0 bridgehead atoms. The van der Waals surface area contributed by atoms with E-state index in [1.807, 2.05) is 17.9 Å². The summed E-state index contributed by atoms with van der Waals surface area (Å²) in [6.45, 7) is 3.52. The zero-order valence-corrected chi connectivity index (χ0v) is 15.8. The minimum atomic E-state index is -0.662. The number of nitrogens with one attached hydrogen (secondary N) is 2. The third kappa shape index (κ3) is 4.29. The molecule has 0 aliphatic carbocycles. The fraction of sp³-hybridized carbons (Fsp3) is 0.556. The Hall–Kier alpha value is -2.56. The van der Waals surface area contributed by atoms with Crippen LogP contribution in [0.4, 0.5) is 5.82 Å². The van der Waals surface area contributed by atoms with Crippen molar-refractivity contribution in [2.24, 2.45) is 7.05 Å². The van der Waals surface area contributed by atoms with Crippen LogP contribution >= 0.6 is 0 Å². The van der Waals surface area contributed by atoms with E-state index in [-0.39, 0.29) is 24.2 Å². The SMILES string of the molecule is Cn1cnc2c1CN(C[C@@H](O)CNC(=O)c1cc(NC3COC3)ncn1)CC2. The molecule has 0 saturated carbocycles. The molecular formula is C18H25N7O3. The molecule has 0 aromatic carbocycles. The van der Waals surface area contributed by atoms with Gasteiger partial charge in [-0.25, -0.2) is 15.0 Å². The van der Waals surface area contributed by atoms with E-state index in [1.165, 1.54) is 12.0 Å². The molecule has 2 aliphatic rings. The van der Waals surface area contributed by atoms with Crippen LogP contribution < -0.4 is 10.6 Å². The van der Waals surface area contributed by atoms with Crippen molar-refractivity contribution in [2.75, 3.05) is 38.2 Å². The lowest BCUT2D eigenvalue weighted by Crippen LogP contribution is -2.42. The maximum atomic E-state index is 12.3. The molecule has 2 aromatic heterocycles. The molecule has 1 saturated heterocycles. The van der Waals surface area contributed by atoms with Crippen LogP contribution in [0.15, 0.2) is 18.7 Å². The molecule has 10 nitrogen and oxygen atoms in total. The Morgan fingerprint density at radius 2 is 2.25 bits per heavy atom. The number of rotatable bonds is 7. The van der Waals surface area contributed by atoms with Gasteiger partial charge in [-0.15, -0.1) is 0 Å². The minimum absolute atomic E-state index is 0.163. The van der Waals surface area contributed by atoms with Gasteiger partial charge in [0.2, 0.25) is 0 Å². The van der Waals surface area contributed by atoms with E-state index in [1.54, 1.807) is 6.07 Å². The number of β-amino-alcohol motifs (C(OH)–C–C–N with tert-alkyl or cyclic N) is 1. The van der Waals surface area contributed by atoms with E-state index < -0.39 is 6.10 Å². The molecule has 1 atom stereocenters. The summed E-state index contributed by atoms with van der Waals surface area (Å²) in [5, 5.41) is 16.3. The summed E-state index contributed by atoms with van der Waals surface area (Å²) in [7, 11) is 1.98. The van der Waals surface area contributed by atoms with E-state index in [4.69, 9.17) is 4.74 Å². The van der Waals surface area contributed by atoms with Crippen molar-refractivity contribution in [1.82, 2.24) is 29.7 Å². The monoisotopic (exact) mass is 387 g/mol. The third-order valence-electron chi connectivity index (χ3n) is 5.04. The van der Waals surface area contributed by atoms with Gasteiger partial charge < -0.3 is 25.0 Å². The normalized spacial score (nSPS) is 18.2. The van der Waals surface area contributed by atoms with Crippen molar-refractivity contribution in [3.8, 4) is 0 Å². The van der Waals surface area contributed by atoms with E-state index in [9.17, 15) is 9.90 Å². The quantitative estimate of drug-likeness (QED) is 0.564. The number of aliphatic hydroxyl groups excluding tert-OH is 1. The maximum Gasteiger partial charge on any atom is 0.270 e. The number of carbonyl (C=O) groups is 1. The number of aliphatic hydroxyl groups is 1. The second-order valence-corrected chi connectivity index (χ2v) is 7.27. The van der Waals surface area contributed by atoms with Crippen molar-refractivity contribution in [2.45, 2.75) is 25.1 Å². The van der Waals surface area contributed by atoms with Gasteiger partial charge in [0.05, 0.1) is 43.1 Å². The van der Waals surface area contributed by atoms with Gasteiger partial charge >= 0.3 is 0 Å². The average molecular weight is 387 g/mol. The first-order valence-electron chi connectivity index (χ1n) is 9.42. The van der Waals surface area contributed by atoms with Crippen LogP contribution in [0.1, 0.15) is 21.9 Å². The fourth-order valence-electron chi connectivity index (χ4n) is 3.38. The minimum Gasteiger partial charge on any atom is -0.390 e. The van der Waals surface area contributed by atoms with Gasteiger partial charge in [0.15, 0.2) is 0 Å². The summed E-state index contributed by atoms with van der Waals surface area (Å²) in [4.78, 5) is 27.0. The molecule has 0 radical (unpaired) electrons. The Morgan fingerprint density at radius 3 is 3.04 bits per heavy atom. The highest BCUT2D eigenvalue weighted by Crippen LogP contribution is 2.17. The number of fused-ring (bicyclic) bond motifs is 1. The molecule has 2 aliphatic heterocycles. The van der Waals surface area contributed by atoms with Crippen molar-refractivity contribution < 1.29 is 14.6 Å². The highest BCUT2D eigenvalue weighted by atomic mass is 16.5. The van der Waals surface area contributed by atoms with E-state index >= 15 is 0 Å². The van der Waals surface area contributed by atoms with Crippen molar-refractivity contribution >= 4 is 11.7 Å². The highest BCUT2D eigenvalue weighted by Gasteiger charge is 2.22. The van der Waals surface area contributed by atoms with E-state index in [0.29, 0.717) is 25.6 Å². The van der Waals surface area contributed by atoms with Gasteiger partial charge in [-0.1, -0.05) is 0 Å². The largest absolute Gasteiger partial charge is 0.390 e. The molecule has 1 fully saturated rings. The Bertz CT molecular complexity index is 836. The number of imidazole rings is 1. The lowest BCUT2D eigenvalue weighted by atomic mass is 10.1. The second kappa shape index (κ2) is 8.21. The molecule has 3 N–H and O–H groups in total. The number of ether oxygens (including phenoxy) is 1. The average Bonchev–Trinajstić information content (AvgIpc) is 3.03. The number of aryl methyl sites for hydroxylation is 1. The first kappa shape index (κ1) is 18.8.